The molecule has 2 heterocycles. The highest BCUT2D eigenvalue weighted by atomic mass is 16.6. The number of ether oxygens (including phenoxy) is 2. The fourth-order valence-electron chi connectivity index (χ4n) is 1.94. The lowest BCUT2D eigenvalue weighted by Crippen LogP contribution is -2.31. The van der Waals surface area contributed by atoms with Crippen LogP contribution in [0.3, 0.4) is 0 Å². The van der Waals surface area contributed by atoms with Crippen LogP contribution in [0.25, 0.3) is 0 Å². The maximum atomic E-state index is 10.7. The van der Waals surface area contributed by atoms with Crippen LogP contribution in [0, 0.1) is 5.92 Å². The molecule has 2 fully saturated rings. The smallest absolute Gasteiger partial charge is 0.407 e. The van der Waals surface area contributed by atoms with Gasteiger partial charge in [-0.15, -0.1) is 0 Å². The molecule has 86 valence electrons. The summed E-state index contributed by atoms with van der Waals surface area (Å²) in [4.78, 5) is 10.7. The van der Waals surface area contributed by atoms with Gasteiger partial charge in [-0.05, 0) is 31.8 Å². The van der Waals surface area contributed by atoms with Crippen LogP contribution in [0.15, 0.2) is 0 Å². The minimum absolute atomic E-state index is 0.0979. The van der Waals surface area contributed by atoms with Crippen LogP contribution in [0.1, 0.15) is 12.8 Å². The van der Waals surface area contributed by atoms with Crippen LogP contribution in [0.5, 0.6) is 0 Å². The van der Waals surface area contributed by atoms with E-state index < -0.39 is 0 Å². The normalized spacial score (nSPS) is 27.5. The minimum Gasteiger partial charge on any atom is -0.442 e. The molecule has 0 aromatic heterocycles. The van der Waals surface area contributed by atoms with Gasteiger partial charge in [0.15, 0.2) is 0 Å². The van der Waals surface area contributed by atoms with Crippen LogP contribution < -0.4 is 10.6 Å². The van der Waals surface area contributed by atoms with Crippen molar-refractivity contribution in [3.63, 3.8) is 0 Å². The minimum atomic E-state index is -0.328. The fraction of sp³-hybridized carbons (Fsp3) is 0.900. The number of carbonyl (C=O) groups is 1. The number of rotatable bonds is 4. The van der Waals surface area contributed by atoms with E-state index in [4.69, 9.17) is 9.47 Å². The molecule has 2 saturated heterocycles. The Morgan fingerprint density at radius 2 is 2.13 bits per heavy atom. The molecule has 2 aliphatic heterocycles. The molecule has 2 aliphatic rings. The number of piperidine rings is 1. The summed E-state index contributed by atoms with van der Waals surface area (Å²) in [6.07, 6.45) is 1.94. The molecule has 0 aromatic rings. The van der Waals surface area contributed by atoms with E-state index in [1.165, 1.54) is 12.8 Å². The highest BCUT2D eigenvalue weighted by molar-refractivity contribution is 5.69. The van der Waals surface area contributed by atoms with E-state index in [-0.39, 0.29) is 12.2 Å². The summed E-state index contributed by atoms with van der Waals surface area (Å²) in [6.45, 7) is 4.06. The highest BCUT2D eigenvalue weighted by Crippen LogP contribution is 2.12. The average Bonchev–Trinajstić information content (AvgIpc) is 2.66. The van der Waals surface area contributed by atoms with Gasteiger partial charge in [0.05, 0.1) is 13.2 Å². The molecule has 5 heteroatoms. The number of carbonyl (C=O) groups excluding carboxylic acids is 1. The zero-order valence-electron chi connectivity index (χ0n) is 8.83. The molecule has 5 nitrogen and oxygen atoms in total. The van der Waals surface area contributed by atoms with Crippen LogP contribution in [-0.2, 0) is 9.47 Å². The monoisotopic (exact) mass is 214 g/mol. The first kappa shape index (κ1) is 10.7. The van der Waals surface area contributed by atoms with Gasteiger partial charge in [0.1, 0.15) is 6.10 Å². The van der Waals surface area contributed by atoms with E-state index in [2.05, 4.69) is 10.6 Å². The Balaban J connectivity index is 1.56. The summed E-state index contributed by atoms with van der Waals surface area (Å²) in [6, 6.07) is 0. The number of hydrogen-bond donors (Lipinski definition) is 2. The summed E-state index contributed by atoms with van der Waals surface area (Å²) >= 11 is 0. The Kier molecular flexibility index (Phi) is 3.80. The van der Waals surface area contributed by atoms with Gasteiger partial charge < -0.3 is 20.1 Å². The van der Waals surface area contributed by atoms with Crippen molar-refractivity contribution in [1.82, 2.24) is 10.6 Å². The Bertz CT molecular complexity index is 217. The summed E-state index contributed by atoms with van der Waals surface area (Å²) < 4.78 is 10.5. The van der Waals surface area contributed by atoms with Crippen LogP contribution >= 0.6 is 0 Å². The van der Waals surface area contributed by atoms with E-state index >= 15 is 0 Å². The van der Waals surface area contributed by atoms with Crippen molar-refractivity contribution >= 4 is 6.09 Å². The lowest BCUT2D eigenvalue weighted by molar-refractivity contribution is 0.0256. The molecule has 1 unspecified atom stereocenters. The second-order valence-electron chi connectivity index (χ2n) is 4.14. The van der Waals surface area contributed by atoms with E-state index in [1.54, 1.807) is 0 Å². The average molecular weight is 214 g/mol. The molecule has 1 atom stereocenters. The number of alkyl carbamates (subject to hydrolysis) is 1. The van der Waals surface area contributed by atoms with E-state index in [1.807, 2.05) is 0 Å². The SMILES string of the molecule is O=C1NCC(COCC2CCNCC2)O1. The van der Waals surface area contributed by atoms with Gasteiger partial charge in [-0.3, -0.25) is 0 Å². The predicted octanol–water partition coefficient (Wildman–Crippen LogP) is 0.111. The molecule has 0 spiro atoms. The first-order chi connectivity index (χ1) is 7.34. The van der Waals surface area contributed by atoms with Gasteiger partial charge in [0.2, 0.25) is 0 Å². The molecule has 2 rings (SSSR count). The molecule has 0 aromatic carbocycles. The van der Waals surface area contributed by atoms with E-state index in [9.17, 15) is 4.79 Å². The van der Waals surface area contributed by atoms with Crippen molar-refractivity contribution in [3.05, 3.63) is 0 Å². The van der Waals surface area contributed by atoms with Crippen molar-refractivity contribution in [2.45, 2.75) is 18.9 Å². The van der Waals surface area contributed by atoms with Crippen molar-refractivity contribution in [3.8, 4) is 0 Å². The van der Waals surface area contributed by atoms with E-state index in [0.29, 0.717) is 19.1 Å². The third-order valence-electron chi connectivity index (χ3n) is 2.86. The molecular formula is C10H18N2O3. The highest BCUT2D eigenvalue weighted by Gasteiger charge is 2.23. The maximum Gasteiger partial charge on any atom is 0.407 e. The second-order valence-corrected chi connectivity index (χ2v) is 4.14. The maximum absolute atomic E-state index is 10.7. The number of cyclic esters (lactones) is 1. The Labute approximate surface area is 89.5 Å². The molecule has 15 heavy (non-hydrogen) atoms. The lowest BCUT2D eigenvalue weighted by Gasteiger charge is -2.22. The lowest BCUT2D eigenvalue weighted by atomic mass is 9.99. The predicted molar refractivity (Wildman–Crippen MR) is 54.7 cm³/mol. The molecule has 0 bridgehead atoms. The Hall–Kier alpha value is -0.810. The van der Waals surface area contributed by atoms with Crippen LogP contribution in [0.2, 0.25) is 0 Å². The Morgan fingerprint density at radius 3 is 2.80 bits per heavy atom. The summed E-state index contributed by atoms with van der Waals surface area (Å²) in [5.74, 6) is 0.663. The van der Waals surface area contributed by atoms with Gasteiger partial charge in [0, 0.05) is 6.61 Å². The summed E-state index contributed by atoms with van der Waals surface area (Å²) in [5.41, 5.74) is 0. The van der Waals surface area contributed by atoms with Crippen LogP contribution in [0.4, 0.5) is 4.79 Å². The van der Waals surface area contributed by atoms with Gasteiger partial charge in [-0.2, -0.15) is 0 Å². The summed E-state index contributed by atoms with van der Waals surface area (Å²) in [7, 11) is 0. The van der Waals surface area contributed by atoms with Gasteiger partial charge in [-0.25, -0.2) is 4.79 Å². The van der Waals surface area contributed by atoms with Crippen LogP contribution in [-0.4, -0.2) is 45.0 Å². The number of nitrogens with one attached hydrogen (secondary N) is 2. The number of amides is 1. The van der Waals surface area contributed by atoms with Gasteiger partial charge >= 0.3 is 6.09 Å². The zero-order chi connectivity index (χ0) is 10.5. The first-order valence-electron chi connectivity index (χ1n) is 5.57. The summed E-state index contributed by atoms with van der Waals surface area (Å²) in [5, 5.41) is 5.92. The molecule has 1 amide bonds. The van der Waals surface area contributed by atoms with Crippen molar-refractivity contribution in [2.24, 2.45) is 5.92 Å². The van der Waals surface area contributed by atoms with E-state index in [0.717, 1.165) is 19.7 Å². The third kappa shape index (κ3) is 3.35. The van der Waals surface area contributed by atoms with Gasteiger partial charge in [-0.1, -0.05) is 0 Å². The fourth-order valence-corrected chi connectivity index (χ4v) is 1.94. The molecule has 0 saturated carbocycles. The largest absolute Gasteiger partial charge is 0.442 e. The van der Waals surface area contributed by atoms with Gasteiger partial charge in [0.25, 0.3) is 0 Å². The second kappa shape index (κ2) is 5.32. The molecule has 2 N–H and O–H groups in total. The van der Waals surface area contributed by atoms with Crippen molar-refractivity contribution in [2.75, 3.05) is 32.8 Å². The molecular weight excluding hydrogens is 196 g/mol. The first-order valence-corrected chi connectivity index (χ1v) is 5.57. The topological polar surface area (TPSA) is 59.6 Å². The van der Waals surface area contributed by atoms with Crippen molar-refractivity contribution in [1.29, 1.82) is 0 Å². The third-order valence-corrected chi connectivity index (χ3v) is 2.86. The zero-order valence-corrected chi connectivity index (χ0v) is 8.83. The molecule has 0 radical (unpaired) electrons. The molecule has 0 aliphatic carbocycles. The number of hydrogen-bond acceptors (Lipinski definition) is 4. The van der Waals surface area contributed by atoms with Crippen molar-refractivity contribution < 1.29 is 14.3 Å². The quantitative estimate of drug-likeness (QED) is 0.697. The standard InChI is InChI=1S/C10H18N2O3/c13-10-12-5-9(15-10)7-14-6-8-1-3-11-4-2-8/h8-9,11H,1-7H2,(H,12,13). The Morgan fingerprint density at radius 1 is 1.33 bits per heavy atom.